The van der Waals surface area contributed by atoms with E-state index in [1.807, 2.05) is 49.6 Å². The van der Waals surface area contributed by atoms with Crippen LogP contribution in [0.3, 0.4) is 0 Å². The average molecular weight is 364 g/mol. The molecular formula is C18H21NO3S2. The van der Waals surface area contributed by atoms with E-state index in [1.54, 1.807) is 4.90 Å². The lowest BCUT2D eigenvalue weighted by Crippen LogP contribution is -2.33. The van der Waals surface area contributed by atoms with Crippen molar-refractivity contribution in [3.05, 3.63) is 57.3 Å². The van der Waals surface area contributed by atoms with E-state index in [4.69, 9.17) is 0 Å². The van der Waals surface area contributed by atoms with Crippen molar-refractivity contribution in [2.45, 2.75) is 25.5 Å². The summed E-state index contributed by atoms with van der Waals surface area (Å²) in [5.41, 5.74) is 2.84. The molecule has 3 rings (SSSR count). The first-order valence-corrected chi connectivity index (χ1v) is 10.6. The summed E-state index contributed by atoms with van der Waals surface area (Å²) in [5, 5.41) is 1.41. The number of thiophene rings is 1. The Morgan fingerprint density at radius 2 is 1.96 bits per heavy atom. The predicted octanol–water partition coefficient (Wildman–Crippen LogP) is 3.37. The van der Waals surface area contributed by atoms with Gasteiger partial charge in [0, 0.05) is 23.5 Å². The molecule has 1 unspecified atom stereocenters. The summed E-state index contributed by atoms with van der Waals surface area (Å²) in [6.45, 7) is 4.71. The summed E-state index contributed by atoms with van der Waals surface area (Å²) in [7, 11) is -3.23. The minimum absolute atomic E-state index is 0.0200. The van der Waals surface area contributed by atoms with Crippen molar-refractivity contribution in [1.82, 2.24) is 4.90 Å². The maximum absolute atomic E-state index is 12.8. The van der Waals surface area contributed by atoms with Crippen LogP contribution in [0.25, 0.3) is 0 Å². The third kappa shape index (κ3) is 3.39. The van der Waals surface area contributed by atoms with E-state index in [0.717, 1.165) is 16.0 Å². The van der Waals surface area contributed by atoms with Crippen LogP contribution in [0, 0.1) is 13.8 Å². The van der Waals surface area contributed by atoms with Crippen LogP contribution < -0.4 is 0 Å². The van der Waals surface area contributed by atoms with Crippen molar-refractivity contribution in [3.63, 3.8) is 0 Å². The molecule has 1 aromatic heterocycles. The Hall–Kier alpha value is -1.66. The van der Waals surface area contributed by atoms with E-state index in [9.17, 15) is 13.2 Å². The highest BCUT2D eigenvalue weighted by molar-refractivity contribution is 7.91. The maximum atomic E-state index is 12.8. The molecule has 0 radical (unpaired) electrons. The van der Waals surface area contributed by atoms with Crippen LogP contribution in [0.5, 0.6) is 0 Å². The van der Waals surface area contributed by atoms with Gasteiger partial charge in [-0.1, -0.05) is 12.1 Å². The fourth-order valence-electron chi connectivity index (χ4n) is 3.00. The Labute approximate surface area is 147 Å². The summed E-state index contributed by atoms with van der Waals surface area (Å²) in [4.78, 5) is 15.3. The van der Waals surface area contributed by atoms with E-state index in [1.165, 1.54) is 11.3 Å². The smallest absolute Gasteiger partial charge is 0.253 e. The van der Waals surface area contributed by atoms with Crippen LogP contribution in [-0.4, -0.2) is 38.1 Å². The fraction of sp³-hybridized carbons (Fsp3) is 0.389. The van der Waals surface area contributed by atoms with Crippen LogP contribution in [0.4, 0.5) is 0 Å². The van der Waals surface area contributed by atoms with Crippen molar-refractivity contribution < 1.29 is 13.2 Å². The van der Waals surface area contributed by atoms with Gasteiger partial charge in [-0.05, 0) is 55.0 Å². The topological polar surface area (TPSA) is 54.5 Å². The Morgan fingerprint density at radius 3 is 2.62 bits per heavy atom. The normalized spacial score (nSPS) is 20.6. The van der Waals surface area contributed by atoms with E-state index in [-0.39, 0.29) is 18.2 Å². The third-order valence-corrected chi connectivity index (χ3v) is 7.89. The molecular weight excluding hydrogens is 342 g/mol. The number of sulfone groups is 1. The standard InChI is InChI=1S/C18H21NO3S2/c1-13-5-6-15(12-14(13)2)18(20)19-8-7-17(16-4-3-10-23-16)24(21,22)11-9-19/h3-6,10,12,17H,7-9,11H2,1-2H3. The molecule has 0 N–H and O–H groups in total. The monoisotopic (exact) mass is 363 g/mol. The largest absolute Gasteiger partial charge is 0.338 e. The highest BCUT2D eigenvalue weighted by Crippen LogP contribution is 2.32. The van der Waals surface area contributed by atoms with Crippen LogP contribution >= 0.6 is 11.3 Å². The Kier molecular flexibility index (Phi) is 4.78. The Morgan fingerprint density at radius 1 is 1.17 bits per heavy atom. The summed E-state index contributed by atoms with van der Waals surface area (Å²) in [6.07, 6.45) is 0.458. The lowest BCUT2D eigenvalue weighted by molar-refractivity contribution is 0.0766. The van der Waals surface area contributed by atoms with Gasteiger partial charge in [0.2, 0.25) is 0 Å². The number of aryl methyl sites for hydroxylation is 2. The van der Waals surface area contributed by atoms with Gasteiger partial charge < -0.3 is 4.90 Å². The molecule has 0 spiro atoms. The lowest BCUT2D eigenvalue weighted by atomic mass is 10.1. The van der Waals surface area contributed by atoms with E-state index in [2.05, 4.69) is 0 Å². The number of amides is 1. The molecule has 0 aliphatic carbocycles. The molecule has 6 heteroatoms. The summed E-state index contributed by atoms with van der Waals surface area (Å²) in [6, 6.07) is 9.38. The highest BCUT2D eigenvalue weighted by Gasteiger charge is 2.33. The number of hydrogen-bond donors (Lipinski definition) is 0. The fourth-order valence-corrected chi connectivity index (χ4v) is 6.00. The highest BCUT2D eigenvalue weighted by atomic mass is 32.2. The zero-order chi connectivity index (χ0) is 17.3. The van der Waals surface area contributed by atoms with E-state index in [0.29, 0.717) is 18.5 Å². The number of carbonyl (C=O) groups excluding carboxylic acids is 1. The van der Waals surface area contributed by atoms with Gasteiger partial charge in [0.1, 0.15) is 0 Å². The second kappa shape index (κ2) is 6.69. The molecule has 2 aromatic rings. The molecule has 128 valence electrons. The lowest BCUT2D eigenvalue weighted by Gasteiger charge is -2.20. The molecule has 2 heterocycles. The van der Waals surface area contributed by atoms with Crippen molar-refractivity contribution >= 4 is 27.1 Å². The SMILES string of the molecule is Cc1ccc(C(=O)N2CCC(c3cccs3)S(=O)(=O)CC2)cc1C. The van der Waals surface area contributed by atoms with Crippen LogP contribution in [0.15, 0.2) is 35.7 Å². The minimum atomic E-state index is -3.23. The maximum Gasteiger partial charge on any atom is 0.253 e. The molecule has 1 fully saturated rings. The van der Waals surface area contributed by atoms with Crippen molar-refractivity contribution in [3.8, 4) is 0 Å². The minimum Gasteiger partial charge on any atom is -0.338 e. The summed E-state index contributed by atoms with van der Waals surface area (Å²) >= 11 is 1.47. The number of rotatable bonds is 2. The zero-order valence-corrected chi connectivity index (χ0v) is 15.5. The number of carbonyl (C=O) groups is 1. The van der Waals surface area contributed by atoms with E-state index < -0.39 is 15.1 Å². The summed E-state index contributed by atoms with van der Waals surface area (Å²) in [5.74, 6) is -0.0632. The summed E-state index contributed by atoms with van der Waals surface area (Å²) < 4.78 is 25.1. The van der Waals surface area contributed by atoms with Crippen LogP contribution in [-0.2, 0) is 9.84 Å². The first kappa shape index (κ1) is 17.2. The van der Waals surface area contributed by atoms with Crippen molar-refractivity contribution in [1.29, 1.82) is 0 Å². The van der Waals surface area contributed by atoms with Gasteiger partial charge in [0.15, 0.2) is 9.84 Å². The van der Waals surface area contributed by atoms with Gasteiger partial charge >= 0.3 is 0 Å². The molecule has 1 atom stereocenters. The first-order chi connectivity index (χ1) is 11.4. The molecule has 1 aliphatic rings. The predicted molar refractivity (Wildman–Crippen MR) is 97.3 cm³/mol. The zero-order valence-electron chi connectivity index (χ0n) is 13.9. The van der Waals surface area contributed by atoms with Crippen molar-refractivity contribution in [2.24, 2.45) is 0 Å². The van der Waals surface area contributed by atoms with Gasteiger partial charge in [-0.15, -0.1) is 11.3 Å². The molecule has 1 amide bonds. The van der Waals surface area contributed by atoms with Gasteiger partial charge in [0.25, 0.3) is 5.91 Å². The van der Waals surface area contributed by atoms with Gasteiger partial charge in [-0.25, -0.2) is 8.42 Å². The van der Waals surface area contributed by atoms with Crippen LogP contribution in [0.2, 0.25) is 0 Å². The van der Waals surface area contributed by atoms with Gasteiger partial charge in [-0.2, -0.15) is 0 Å². The molecule has 1 saturated heterocycles. The second-order valence-electron chi connectivity index (χ2n) is 6.25. The molecule has 0 saturated carbocycles. The molecule has 1 aromatic carbocycles. The first-order valence-electron chi connectivity index (χ1n) is 8.00. The van der Waals surface area contributed by atoms with E-state index >= 15 is 0 Å². The number of benzene rings is 1. The Bertz CT molecular complexity index is 841. The molecule has 24 heavy (non-hydrogen) atoms. The second-order valence-corrected chi connectivity index (χ2v) is 9.53. The van der Waals surface area contributed by atoms with Gasteiger partial charge in [0.05, 0.1) is 11.0 Å². The van der Waals surface area contributed by atoms with Gasteiger partial charge in [-0.3, -0.25) is 4.79 Å². The molecule has 0 bridgehead atoms. The number of hydrogen-bond acceptors (Lipinski definition) is 4. The molecule has 1 aliphatic heterocycles. The van der Waals surface area contributed by atoms with Crippen LogP contribution in [0.1, 0.15) is 38.0 Å². The quantitative estimate of drug-likeness (QED) is 0.822. The Balaban J connectivity index is 1.82. The molecule has 4 nitrogen and oxygen atoms in total. The third-order valence-electron chi connectivity index (χ3n) is 4.64. The van der Waals surface area contributed by atoms with Crippen molar-refractivity contribution in [2.75, 3.05) is 18.8 Å². The number of nitrogens with zero attached hydrogens (tertiary/aromatic N) is 1. The average Bonchev–Trinajstić information content (AvgIpc) is 3.01.